The number of aryl methyl sites for hydroxylation is 1. The van der Waals surface area contributed by atoms with Crippen LogP contribution >= 0.6 is 0 Å². The minimum absolute atomic E-state index is 0.639. The summed E-state index contributed by atoms with van der Waals surface area (Å²) in [4.78, 5) is 6.48. The van der Waals surface area contributed by atoms with Gasteiger partial charge in [-0.1, -0.05) is 30.3 Å². The second-order valence-corrected chi connectivity index (χ2v) is 5.68. The molecule has 0 amide bonds. The number of nitrogens with zero attached hydrogens (tertiary/aromatic N) is 2. The Morgan fingerprint density at radius 2 is 2.00 bits per heavy atom. The third-order valence-electron chi connectivity index (χ3n) is 4.02. The Hall–Kier alpha value is -1.71. The maximum atomic E-state index is 10.9. The number of hydrogen-bond donors (Lipinski definition) is 1. The maximum Gasteiger partial charge on any atom is 0.103 e. The largest absolute Gasteiger partial charge is 0.384 e. The minimum Gasteiger partial charge on any atom is -0.384 e. The molecular formula is C17H20N2O. The molecule has 20 heavy (non-hydrogen) atoms. The summed E-state index contributed by atoms with van der Waals surface area (Å²) < 4.78 is 0. The van der Waals surface area contributed by atoms with Crippen LogP contribution in [-0.4, -0.2) is 28.6 Å². The number of aromatic nitrogens is 1. The van der Waals surface area contributed by atoms with Crippen LogP contribution in [0.3, 0.4) is 0 Å². The summed E-state index contributed by atoms with van der Waals surface area (Å²) in [6.45, 7) is 1.39. The molecule has 3 rings (SSSR count). The monoisotopic (exact) mass is 268 g/mol. The predicted molar refractivity (Wildman–Crippen MR) is 79.2 cm³/mol. The first-order valence-electron chi connectivity index (χ1n) is 7.07. The van der Waals surface area contributed by atoms with E-state index in [0.29, 0.717) is 6.54 Å². The lowest BCUT2D eigenvalue weighted by molar-refractivity contribution is 0.00523. The summed E-state index contributed by atoms with van der Waals surface area (Å²) >= 11 is 0. The molecule has 3 heteroatoms. The summed E-state index contributed by atoms with van der Waals surface area (Å²) in [6.07, 6.45) is 3.58. The van der Waals surface area contributed by atoms with Crippen molar-refractivity contribution in [1.82, 2.24) is 9.88 Å². The Labute approximate surface area is 119 Å². The first kappa shape index (κ1) is 13.3. The van der Waals surface area contributed by atoms with E-state index in [2.05, 4.69) is 22.0 Å². The van der Waals surface area contributed by atoms with Crippen LogP contribution in [0.5, 0.6) is 0 Å². The van der Waals surface area contributed by atoms with Crippen molar-refractivity contribution in [3.8, 4) is 0 Å². The molecule has 104 valence electrons. The van der Waals surface area contributed by atoms with E-state index < -0.39 is 5.60 Å². The van der Waals surface area contributed by atoms with Crippen molar-refractivity contribution in [1.29, 1.82) is 0 Å². The van der Waals surface area contributed by atoms with Crippen LogP contribution in [0.4, 0.5) is 0 Å². The van der Waals surface area contributed by atoms with Gasteiger partial charge in [-0.05, 0) is 43.1 Å². The minimum atomic E-state index is -0.722. The fraction of sp³-hybridized carbons (Fsp3) is 0.353. The number of benzene rings is 1. The average Bonchev–Trinajstić information content (AvgIpc) is 2.78. The van der Waals surface area contributed by atoms with E-state index in [0.717, 1.165) is 30.6 Å². The maximum absolute atomic E-state index is 10.9. The smallest absolute Gasteiger partial charge is 0.103 e. The van der Waals surface area contributed by atoms with Gasteiger partial charge < -0.3 is 5.11 Å². The van der Waals surface area contributed by atoms with Gasteiger partial charge in [0.25, 0.3) is 0 Å². The quantitative estimate of drug-likeness (QED) is 0.924. The first-order valence-corrected chi connectivity index (χ1v) is 7.07. The predicted octanol–water partition coefficient (Wildman–Crippen LogP) is 2.35. The number of hydrogen-bond acceptors (Lipinski definition) is 3. The van der Waals surface area contributed by atoms with Crippen LogP contribution in [0.15, 0.2) is 48.7 Å². The van der Waals surface area contributed by atoms with Gasteiger partial charge in [-0.25, -0.2) is 0 Å². The molecule has 1 unspecified atom stereocenters. The molecule has 1 N–H and O–H groups in total. The van der Waals surface area contributed by atoms with Crippen LogP contribution in [-0.2, 0) is 18.6 Å². The van der Waals surface area contributed by atoms with Crippen LogP contribution < -0.4 is 0 Å². The molecule has 2 aromatic rings. The van der Waals surface area contributed by atoms with Crippen molar-refractivity contribution in [2.75, 3.05) is 13.6 Å². The second kappa shape index (κ2) is 5.35. The third kappa shape index (κ3) is 2.60. The van der Waals surface area contributed by atoms with E-state index in [1.54, 1.807) is 0 Å². The molecule has 1 aromatic carbocycles. The van der Waals surface area contributed by atoms with Crippen molar-refractivity contribution in [2.24, 2.45) is 0 Å². The van der Waals surface area contributed by atoms with Gasteiger partial charge in [0, 0.05) is 19.3 Å². The van der Waals surface area contributed by atoms with E-state index in [9.17, 15) is 5.11 Å². The second-order valence-electron chi connectivity index (χ2n) is 5.68. The highest BCUT2D eigenvalue weighted by Crippen LogP contribution is 2.37. The summed E-state index contributed by atoms with van der Waals surface area (Å²) in [5, 5.41) is 10.9. The van der Waals surface area contributed by atoms with Gasteiger partial charge in [0.1, 0.15) is 5.60 Å². The van der Waals surface area contributed by atoms with Gasteiger partial charge in [-0.3, -0.25) is 9.88 Å². The Bertz CT molecular complexity index is 585. The Balaban J connectivity index is 1.72. The molecular weight excluding hydrogens is 248 g/mol. The van der Waals surface area contributed by atoms with Gasteiger partial charge in [-0.2, -0.15) is 0 Å². The van der Waals surface area contributed by atoms with Gasteiger partial charge in [0.05, 0.1) is 5.69 Å². The lowest BCUT2D eigenvalue weighted by Gasteiger charge is -2.29. The third-order valence-corrected chi connectivity index (χ3v) is 4.02. The number of pyridine rings is 1. The van der Waals surface area contributed by atoms with E-state index >= 15 is 0 Å². The highest BCUT2D eigenvalue weighted by Gasteiger charge is 2.37. The van der Waals surface area contributed by atoms with E-state index in [-0.39, 0.29) is 0 Å². The molecule has 0 bridgehead atoms. The van der Waals surface area contributed by atoms with Crippen molar-refractivity contribution >= 4 is 0 Å². The number of aliphatic hydroxyl groups is 1. The Morgan fingerprint density at radius 1 is 1.20 bits per heavy atom. The summed E-state index contributed by atoms with van der Waals surface area (Å²) in [5.74, 6) is 0. The molecule has 0 fully saturated rings. The fourth-order valence-corrected chi connectivity index (χ4v) is 3.10. The topological polar surface area (TPSA) is 36.4 Å². The molecule has 1 aromatic heterocycles. The van der Waals surface area contributed by atoms with E-state index in [1.165, 1.54) is 5.56 Å². The summed E-state index contributed by atoms with van der Waals surface area (Å²) in [7, 11) is 2.04. The molecule has 1 aliphatic rings. The molecule has 3 nitrogen and oxygen atoms in total. The average molecular weight is 268 g/mol. The Morgan fingerprint density at radius 3 is 2.80 bits per heavy atom. The normalized spacial score (nSPS) is 21.1. The zero-order chi connectivity index (χ0) is 14.0. The molecule has 1 heterocycles. The first-order chi connectivity index (χ1) is 9.67. The SMILES string of the molecule is CN(Cc1ccccn1)CC1(O)CCc2ccccc21. The molecule has 0 saturated heterocycles. The van der Waals surface area contributed by atoms with Crippen molar-refractivity contribution in [3.63, 3.8) is 0 Å². The Kier molecular flexibility index (Phi) is 3.55. The zero-order valence-electron chi connectivity index (χ0n) is 11.8. The molecule has 0 aliphatic heterocycles. The molecule has 1 aliphatic carbocycles. The van der Waals surface area contributed by atoms with Crippen LogP contribution in [0.25, 0.3) is 0 Å². The molecule has 1 atom stereocenters. The highest BCUT2D eigenvalue weighted by molar-refractivity contribution is 5.37. The van der Waals surface area contributed by atoms with Gasteiger partial charge in [-0.15, -0.1) is 0 Å². The molecule has 0 saturated carbocycles. The lowest BCUT2D eigenvalue weighted by atomic mass is 9.95. The van der Waals surface area contributed by atoms with Crippen LogP contribution in [0, 0.1) is 0 Å². The standard InChI is InChI=1S/C17H20N2O/c1-19(12-15-7-4-5-11-18-15)13-17(20)10-9-14-6-2-3-8-16(14)17/h2-8,11,20H,9-10,12-13H2,1H3. The summed E-state index contributed by atoms with van der Waals surface area (Å²) in [5.41, 5.74) is 2.68. The number of fused-ring (bicyclic) bond motifs is 1. The number of likely N-dealkylation sites (N-methyl/N-ethyl adjacent to an activating group) is 1. The van der Waals surface area contributed by atoms with Crippen LogP contribution in [0.1, 0.15) is 23.2 Å². The molecule has 0 spiro atoms. The summed E-state index contributed by atoms with van der Waals surface area (Å²) in [6, 6.07) is 14.2. The van der Waals surface area contributed by atoms with Gasteiger partial charge >= 0.3 is 0 Å². The van der Waals surface area contributed by atoms with Gasteiger partial charge in [0.2, 0.25) is 0 Å². The van der Waals surface area contributed by atoms with Gasteiger partial charge in [0.15, 0.2) is 0 Å². The van der Waals surface area contributed by atoms with Crippen molar-refractivity contribution < 1.29 is 5.11 Å². The van der Waals surface area contributed by atoms with E-state index in [4.69, 9.17) is 0 Å². The van der Waals surface area contributed by atoms with Crippen LogP contribution in [0.2, 0.25) is 0 Å². The lowest BCUT2D eigenvalue weighted by Crippen LogP contribution is -2.37. The number of rotatable bonds is 4. The van der Waals surface area contributed by atoms with Crippen molar-refractivity contribution in [3.05, 3.63) is 65.5 Å². The zero-order valence-corrected chi connectivity index (χ0v) is 11.8. The fourth-order valence-electron chi connectivity index (χ4n) is 3.10. The van der Waals surface area contributed by atoms with E-state index in [1.807, 2.05) is 43.6 Å². The van der Waals surface area contributed by atoms with Crippen molar-refractivity contribution in [2.45, 2.75) is 25.0 Å². The highest BCUT2D eigenvalue weighted by atomic mass is 16.3. The molecule has 0 radical (unpaired) electrons.